The number of carbonyl (C=O) groups is 1. The Hall–Kier alpha value is -1.66. The predicted octanol–water partition coefficient (Wildman–Crippen LogP) is 3.80. The highest BCUT2D eigenvalue weighted by Gasteiger charge is 2.84. The van der Waals surface area contributed by atoms with Gasteiger partial charge in [-0.1, -0.05) is 13.8 Å². The number of carbonyl (C=O) groups excluding carboxylic acids is 1. The second-order valence-electron chi connectivity index (χ2n) is 11.6. The summed E-state index contributed by atoms with van der Waals surface area (Å²) in [4.78, 5) is 23.7. The van der Waals surface area contributed by atoms with Crippen LogP contribution in [0.25, 0.3) is 0 Å². The average molecular weight is 443 g/mol. The molecule has 2 heterocycles. The van der Waals surface area contributed by atoms with Crippen molar-refractivity contribution < 1.29 is 23.8 Å². The summed E-state index contributed by atoms with van der Waals surface area (Å²) < 4.78 is 17.8. The number of aliphatic hydroxyl groups excluding tert-OH is 1. The van der Waals surface area contributed by atoms with Crippen molar-refractivity contribution in [2.45, 2.75) is 95.5 Å². The van der Waals surface area contributed by atoms with Crippen molar-refractivity contribution in [3.05, 3.63) is 34.4 Å². The Morgan fingerprint density at radius 3 is 2.66 bits per heavy atom. The van der Waals surface area contributed by atoms with E-state index in [1.54, 1.807) is 6.26 Å². The summed E-state index contributed by atoms with van der Waals surface area (Å²) in [5.41, 5.74) is 0.319. The number of hydrogen-bond donors (Lipinski definition) is 1. The summed E-state index contributed by atoms with van der Waals surface area (Å²) >= 11 is 0. The van der Waals surface area contributed by atoms with Crippen LogP contribution < -0.4 is 5.63 Å². The number of ether oxygens (including phenoxy) is 2. The Kier molecular flexibility index (Phi) is 4.37. The molecule has 0 aromatic carbocycles. The molecule has 1 aromatic rings. The van der Waals surface area contributed by atoms with Crippen molar-refractivity contribution in [1.82, 2.24) is 0 Å². The average Bonchev–Trinajstić information content (AvgIpc) is 3.44. The third-order valence-corrected chi connectivity index (χ3v) is 10.5. The normalized spacial score (nSPS) is 51.1. The molecule has 6 heteroatoms. The van der Waals surface area contributed by atoms with Crippen molar-refractivity contribution in [2.75, 3.05) is 0 Å². The number of esters is 1. The van der Waals surface area contributed by atoms with Gasteiger partial charge in [0.15, 0.2) is 0 Å². The fourth-order valence-corrected chi connectivity index (χ4v) is 9.10. The first-order chi connectivity index (χ1) is 15.2. The molecule has 3 unspecified atom stereocenters. The minimum absolute atomic E-state index is 0.0471. The molecule has 174 valence electrons. The summed E-state index contributed by atoms with van der Waals surface area (Å²) in [5, 5.41) is 10.3. The summed E-state index contributed by atoms with van der Waals surface area (Å²) in [6.07, 6.45) is 8.20. The number of fused-ring (bicyclic) bond motifs is 3. The van der Waals surface area contributed by atoms with E-state index in [1.807, 2.05) is 6.07 Å². The van der Waals surface area contributed by atoms with E-state index in [0.717, 1.165) is 50.5 Å². The van der Waals surface area contributed by atoms with Crippen molar-refractivity contribution in [1.29, 1.82) is 0 Å². The van der Waals surface area contributed by atoms with Gasteiger partial charge < -0.3 is 19.0 Å². The molecule has 1 spiro atoms. The van der Waals surface area contributed by atoms with Crippen molar-refractivity contribution in [3.8, 4) is 0 Å². The molecule has 10 atom stereocenters. The maximum Gasteiger partial charge on any atom is 0.335 e. The first-order valence-corrected chi connectivity index (χ1v) is 12.3. The van der Waals surface area contributed by atoms with Crippen LogP contribution in [0.5, 0.6) is 0 Å². The zero-order valence-corrected chi connectivity index (χ0v) is 19.2. The molecule has 4 saturated carbocycles. The third kappa shape index (κ3) is 2.54. The van der Waals surface area contributed by atoms with Gasteiger partial charge in [-0.2, -0.15) is 0 Å². The van der Waals surface area contributed by atoms with Crippen molar-refractivity contribution in [2.24, 2.45) is 28.6 Å². The molecule has 32 heavy (non-hydrogen) atoms. The molecule has 1 aromatic heterocycles. The van der Waals surface area contributed by atoms with Crippen LogP contribution in [0.3, 0.4) is 0 Å². The van der Waals surface area contributed by atoms with Crippen LogP contribution in [0.1, 0.15) is 77.2 Å². The van der Waals surface area contributed by atoms with E-state index < -0.39 is 0 Å². The van der Waals surface area contributed by atoms with E-state index in [2.05, 4.69) is 13.8 Å². The van der Waals surface area contributed by atoms with Crippen LogP contribution in [-0.2, 0) is 14.3 Å². The largest absolute Gasteiger partial charge is 0.459 e. The molecule has 6 rings (SSSR count). The lowest BCUT2D eigenvalue weighted by atomic mass is 9.44. The first-order valence-electron chi connectivity index (χ1n) is 12.3. The molecule has 6 nitrogen and oxygen atoms in total. The Morgan fingerprint density at radius 1 is 1.12 bits per heavy atom. The zero-order valence-electron chi connectivity index (χ0n) is 19.2. The highest BCUT2D eigenvalue weighted by molar-refractivity contribution is 5.66. The van der Waals surface area contributed by atoms with Crippen LogP contribution in [0.2, 0.25) is 0 Å². The second-order valence-corrected chi connectivity index (χ2v) is 11.6. The van der Waals surface area contributed by atoms with Crippen LogP contribution in [-0.4, -0.2) is 35.0 Å². The standard InChI is InChI=1S/C26H34O6/c1-14(27)31-22-21(15-4-7-20(29)30-13-15)25(3)11-9-18-19(26(25)23(22)32-26)6-5-16-12-17(28)8-10-24(16,18)2/h4,7,13,16-19,21-23,28H,5-6,8-12H2,1-3H3/t16-,17+,18?,19?,21+,22-,23-,24+,25-,26?/m1/s1. The molecule has 1 saturated heterocycles. The predicted molar refractivity (Wildman–Crippen MR) is 116 cm³/mol. The Bertz CT molecular complexity index is 982. The third-order valence-electron chi connectivity index (χ3n) is 10.5. The van der Waals surface area contributed by atoms with Crippen LogP contribution >= 0.6 is 0 Å². The fraction of sp³-hybridized carbons (Fsp3) is 0.769. The lowest BCUT2D eigenvalue weighted by Crippen LogP contribution is -2.58. The number of aliphatic hydroxyl groups is 1. The minimum Gasteiger partial charge on any atom is -0.459 e. The molecule has 5 fully saturated rings. The van der Waals surface area contributed by atoms with Gasteiger partial charge >= 0.3 is 11.6 Å². The Morgan fingerprint density at radius 2 is 1.94 bits per heavy atom. The van der Waals surface area contributed by atoms with E-state index >= 15 is 0 Å². The highest BCUT2D eigenvalue weighted by atomic mass is 16.7. The Labute approximate surface area is 188 Å². The van der Waals surface area contributed by atoms with Gasteiger partial charge in [0.2, 0.25) is 0 Å². The molecule has 1 N–H and O–H groups in total. The monoisotopic (exact) mass is 442 g/mol. The lowest BCUT2D eigenvalue weighted by Gasteiger charge is -2.61. The van der Waals surface area contributed by atoms with Crippen LogP contribution in [0.4, 0.5) is 0 Å². The van der Waals surface area contributed by atoms with E-state index in [9.17, 15) is 14.7 Å². The molecule has 4 aliphatic carbocycles. The topological polar surface area (TPSA) is 89.3 Å². The van der Waals surface area contributed by atoms with E-state index in [-0.39, 0.29) is 52.3 Å². The number of hydrogen-bond acceptors (Lipinski definition) is 6. The van der Waals surface area contributed by atoms with Gasteiger partial charge in [-0.15, -0.1) is 0 Å². The Balaban J connectivity index is 1.41. The van der Waals surface area contributed by atoms with Crippen LogP contribution in [0, 0.1) is 28.6 Å². The lowest BCUT2D eigenvalue weighted by molar-refractivity contribution is -0.158. The number of rotatable bonds is 2. The SMILES string of the molecule is CC(=O)O[C@H]1[C@H]2OC23C2CC[C@@H]4C[C@@H](O)CC[C@]4(C)C2CC[C@]3(C)[C@H]1c1ccc(=O)oc1. The molecule has 0 bridgehead atoms. The summed E-state index contributed by atoms with van der Waals surface area (Å²) in [7, 11) is 0. The zero-order chi connectivity index (χ0) is 22.5. The molecular weight excluding hydrogens is 408 g/mol. The fourth-order valence-electron chi connectivity index (χ4n) is 9.10. The second kappa shape index (κ2) is 6.69. The van der Waals surface area contributed by atoms with E-state index in [4.69, 9.17) is 13.9 Å². The molecule has 0 amide bonds. The summed E-state index contributed by atoms with van der Waals surface area (Å²) in [5.74, 6) is 1.24. The first kappa shape index (κ1) is 20.9. The summed E-state index contributed by atoms with van der Waals surface area (Å²) in [6, 6.07) is 3.30. The van der Waals surface area contributed by atoms with Gasteiger partial charge in [-0.3, -0.25) is 4.79 Å². The van der Waals surface area contributed by atoms with Gasteiger partial charge in [0.05, 0.1) is 12.4 Å². The molecule has 5 aliphatic rings. The smallest absolute Gasteiger partial charge is 0.335 e. The van der Waals surface area contributed by atoms with Crippen LogP contribution in [0.15, 0.2) is 27.6 Å². The highest BCUT2D eigenvalue weighted by Crippen LogP contribution is 2.78. The van der Waals surface area contributed by atoms with E-state index in [1.165, 1.54) is 13.0 Å². The van der Waals surface area contributed by atoms with E-state index in [0.29, 0.717) is 17.8 Å². The molecule has 0 radical (unpaired) electrons. The molecule has 1 aliphatic heterocycles. The maximum atomic E-state index is 12.1. The summed E-state index contributed by atoms with van der Waals surface area (Å²) in [6.45, 7) is 6.23. The van der Waals surface area contributed by atoms with Gasteiger partial charge in [-0.25, -0.2) is 4.79 Å². The van der Waals surface area contributed by atoms with Crippen molar-refractivity contribution in [3.63, 3.8) is 0 Å². The van der Waals surface area contributed by atoms with Crippen molar-refractivity contribution >= 4 is 5.97 Å². The van der Waals surface area contributed by atoms with Gasteiger partial charge in [0, 0.05) is 24.3 Å². The van der Waals surface area contributed by atoms with Gasteiger partial charge in [0.1, 0.15) is 17.8 Å². The van der Waals surface area contributed by atoms with Gasteiger partial charge in [-0.05, 0) is 79.7 Å². The minimum atomic E-state index is -0.369. The maximum absolute atomic E-state index is 12.1. The number of epoxide rings is 1. The van der Waals surface area contributed by atoms with Gasteiger partial charge in [0.25, 0.3) is 0 Å². The molecular formula is C26H34O6. The quantitative estimate of drug-likeness (QED) is 0.554.